The van der Waals surface area contributed by atoms with Gasteiger partial charge in [0, 0.05) is 11.8 Å². The van der Waals surface area contributed by atoms with E-state index < -0.39 is 11.0 Å². The van der Waals surface area contributed by atoms with Crippen molar-refractivity contribution in [3.63, 3.8) is 0 Å². The molecule has 0 radical (unpaired) electrons. The van der Waals surface area contributed by atoms with Gasteiger partial charge in [0.2, 0.25) is 6.04 Å². The van der Waals surface area contributed by atoms with E-state index in [1.165, 1.54) is 6.92 Å². The fourth-order valence-electron chi connectivity index (χ4n) is 0.0861. The molecule has 0 N–H and O–H groups in total. The molecule has 0 aliphatic heterocycles. The fourth-order valence-corrected chi connectivity index (χ4v) is 0.258. The summed E-state index contributed by atoms with van der Waals surface area (Å²) in [7, 11) is 0. The Morgan fingerprint density at radius 1 is 2.00 bits per heavy atom. The molecule has 0 saturated heterocycles. The van der Waals surface area contributed by atoms with Crippen molar-refractivity contribution < 1.29 is 4.92 Å². The Morgan fingerprint density at radius 2 is 2.38 bits per heavy atom. The lowest BCUT2D eigenvalue weighted by Crippen LogP contribution is -2.22. The van der Waals surface area contributed by atoms with Crippen LogP contribution in [0.3, 0.4) is 0 Å². The van der Waals surface area contributed by atoms with Gasteiger partial charge in [-0.2, -0.15) is 0 Å². The molecule has 0 fully saturated rings. The summed E-state index contributed by atoms with van der Waals surface area (Å²) in [5.41, 5.74) is 0. The van der Waals surface area contributed by atoms with Crippen LogP contribution in [0.4, 0.5) is 0 Å². The van der Waals surface area contributed by atoms with Crippen LogP contribution < -0.4 is 0 Å². The van der Waals surface area contributed by atoms with Gasteiger partial charge >= 0.3 is 0 Å². The highest BCUT2D eigenvalue weighted by Gasteiger charge is 2.07. The third kappa shape index (κ3) is 2.13. The molecule has 46 valence electrons. The first-order chi connectivity index (χ1) is 3.55. The van der Waals surface area contributed by atoms with Crippen LogP contribution in [0.15, 0.2) is 0 Å². The Hall–Kier alpha value is -0.290. The molecule has 0 aromatic carbocycles. The van der Waals surface area contributed by atoms with Crippen LogP contribution in [0.2, 0.25) is 0 Å². The van der Waals surface area contributed by atoms with Crippen molar-refractivity contribution in [1.29, 1.82) is 0 Å². The van der Waals surface area contributed by atoms with Crippen LogP contribution in [-0.4, -0.2) is 15.2 Å². The van der Waals surface area contributed by atoms with Crippen molar-refractivity contribution in [3.8, 4) is 0 Å². The van der Waals surface area contributed by atoms with Gasteiger partial charge in [0.25, 0.3) is 0 Å². The molecule has 1 unspecified atom stereocenters. The van der Waals surface area contributed by atoms with Gasteiger partial charge in [0.1, 0.15) is 0 Å². The van der Waals surface area contributed by atoms with Gasteiger partial charge in [-0.05, 0) is 0 Å². The van der Waals surface area contributed by atoms with Crippen molar-refractivity contribution in [2.45, 2.75) is 13.0 Å². The Balaban J connectivity index is 3.83. The van der Waals surface area contributed by atoms with E-state index in [2.05, 4.69) is 24.8 Å². The molecular weight excluding hydrogens is 146 g/mol. The number of nitro groups is 1. The third-order valence-corrected chi connectivity index (χ3v) is 1.34. The minimum Gasteiger partial charge on any atom is -0.426 e. The molecule has 0 spiro atoms. The highest BCUT2D eigenvalue weighted by molar-refractivity contribution is 8.00. The predicted molar refractivity (Wildman–Crippen MR) is 36.4 cm³/mol. The first-order valence-corrected chi connectivity index (χ1v) is 2.71. The summed E-state index contributed by atoms with van der Waals surface area (Å²) in [6.07, 6.45) is 0. The number of thiocarbonyl (C=S) groups is 1. The second-order valence-corrected chi connectivity index (χ2v) is 2.42. The van der Waals surface area contributed by atoms with Gasteiger partial charge in [-0.25, -0.2) is 0 Å². The minimum absolute atomic E-state index is 0.00926. The molecule has 0 amide bonds. The summed E-state index contributed by atoms with van der Waals surface area (Å²) in [6, 6.07) is -0.861. The molecule has 5 heteroatoms. The maximum Gasteiger partial charge on any atom is 0.217 e. The van der Waals surface area contributed by atoms with Crippen molar-refractivity contribution in [1.82, 2.24) is 0 Å². The molecule has 8 heavy (non-hydrogen) atoms. The molecule has 0 aliphatic carbocycles. The quantitative estimate of drug-likeness (QED) is 0.249. The normalized spacial score (nSPS) is 12.6. The van der Waals surface area contributed by atoms with Crippen molar-refractivity contribution in [2.24, 2.45) is 0 Å². The number of rotatable bonds is 2. The van der Waals surface area contributed by atoms with E-state index in [-0.39, 0.29) is 4.20 Å². The first kappa shape index (κ1) is 7.71. The maximum absolute atomic E-state index is 9.79. The van der Waals surface area contributed by atoms with Crippen LogP contribution >= 0.6 is 12.2 Å². The van der Waals surface area contributed by atoms with E-state index in [1.807, 2.05) is 0 Å². The molecule has 1 atom stereocenters. The second-order valence-electron chi connectivity index (χ2n) is 1.28. The van der Waals surface area contributed by atoms with E-state index in [9.17, 15) is 10.1 Å². The average Bonchev–Trinajstić information content (AvgIpc) is 1.64. The molecule has 0 rings (SSSR count). The van der Waals surface area contributed by atoms with Crippen LogP contribution in [0, 0.1) is 10.1 Å². The summed E-state index contributed by atoms with van der Waals surface area (Å²) >= 11 is 8.74. The Morgan fingerprint density at radius 3 is 2.38 bits per heavy atom. The standard InChI is InChI=1S/C3H5NO2S2/c1-2(3(7)8)4(5)6/h2H,1H3,(H,7,8)/p-1. The maximum atomic E-state index is 9.79. The van der Waals surface area contributed by atoms with Gasteiger partial charge < -0.3 is 24.8 Å². The zero-order valence-corrected chi connectivity index (χ0v) is 5.79. The summed E-state index contributed by atoms with van der Waals surface area (Å²) in [5, 5.41) is 9.79. The first-order valence-electron chi connectivity index (χ1n) is 1.90. The summed E-state index contributed by atoms with van der Waals surface area (Å²) in [5.74, 6) is 0. The van der Waals surface area contributed by atoms with E-state index in [4.69, 9.17) is 0 Å². The molecule has 0 aliphatic rings. The van der Waals surface area contributed by atoms with E-state index in [0.717, 1.165) is 0 Å². The van der Waals surface area contributed by atoms with Crippen LogP contribution in [-0.2, 0) is 12.6 Å². The number of hydrogen-bond acceptors (Lipinski definition) is 4. The second kappa shape index (κ2) is 2.88. The largest absolute Gasteiger partial charge is 0.426 e. The summed E-state index contributed by atoms with van der Waals surface area (Å²) < 4.78 is 0.00926. The molecule has 3 nitrogen and oxygen atoms in total. The zero-order valence-electron chi connectivity index (χ0n) is 4.16. The number of hydrogen-bond donors (Lipinski definition) is 0. The van der Waals surface area contributed by atoms with Crippen LogP contribution in [0.1, 0.15) is 6.92 Å². The monoisotopic (exact) mass is 150 g/mol. The van der Waals surface area contributed by atoms with E-state index >= 15 is 0 Å². The molecule has 0 bridgehead atoms. The fraction of sp³-hybridized carbons (Fsp3) is 0.667. The Kier molecular flexibility index (Phi) is 2.78. The third-order valence-electron chi connectivity index (χ3n) is 0.657. The highest BCUT2D eigenvalue weighted by atomic mass is 32.1. The van der Waals surface area contributed by atoms with E-state index in [1.54, 1.807) is 0 Å². The lowest BCUT2D eigenvalue weighted by Gasteiger charge is -2.04. The predicted octanol–water partition coefficient (Wildman–Crippen LogP) is 0.526. The van der Waals surface area contributed by atoms with E-state index in [0.29, 0.717) is 0 Å². The van der Waals surface area contributed by atoms with Crippen molar-refractivity contribution in [2.75, 3.05) is 0 Å². The summed E-state index contributed by atoms with van der Waals surface area (Å²) in [6.45, 7) is 1.37. The summed E-state index contributed by atoms with van der Waals surface area (Å²) in [4.78, 5) is 9.29. The Labute approximate surface area is 57.6 Å². The van der Waals surface area contributed by atoms with Gasteiger partial charge in [0.05, 0.1) is 0 Å². The minimum atomic E-state index is -0.861. The van der Waals surface area contributed by atoms with Gasteiger partial charge in [-0.1, -0.05) is 4.20 Å². The van der Waals surface area contributed by atoms with Crippen LogP contribution in [0.25, 0.3) is 0 Å². The van der Waals surface area contributed by atoms with Gasteiger partial charge in [-0.15, -0.1) is 0 Å². The van der Waals surface area contributed by atoms with Crippen molar-refractivity contribution in [3.05, 3.63) is 10.1 Å². The Bertz CT molecular complexity index is 110. The van der Waals surface area contributed by atoms with Gasteiger partial charge in [0.15, 0.2) is 0 Å². The van der Waals surface area contributed by atoms with Crippen molar-refractivity contribution >= 4 is 29.0 Å². The average molecular weight is 150 g/mol. The van der Waals surface area contributed by atoms with Gasteiger partial charge in [-0.3, -0.25) is 10.1 Å². The number of nitrogens with zero attached hydrogens (tertiary/aromatic N) is 1. The lowest BCUT2D eigenvalue weighted by molar-refractivity contribution is -0.497. The zero-order chi connectivity index (χ0) is 6.73. The molecule has 0 saturated carbocycles. The smallest absolute Gasteiger partial charge is 0.217 e. The molecule has 0 aromatic heterocycles. The SMILES string of the molecule is CC(C(=S)[S-])[N+](=O)[O-]. The topological polar surface area (TPSA) is 43.1 Å². The van der Waals surface area contributed by atoms with Crippen LogP contribution in [0.5, 0.6) is 0 Å². The highest BCUT2D eigenvalue weighted by Crippen LogP contribution is 1.89. The molecule has 0 aromatic rings. The molecule has 0 heterocycles. The molecular formula is C3H4NO2S2-. The lowest BCUT2D eigenvalue weighted by atomic mass is 10.4.